The Morgan fingerprint density at radius 1 is 1.90 bits per heavy atom. The number of hydrogen-bond donors (Lipinski definition) is 0. The Kier molecular flexibility index (Phi) is 3.08. The zero-order chi connectivity index (χ0) is 7.23. The van der Waals surface area contributed by atoms with Crippen LogP contribution in [0.25, 0.3) is 0 Å². The van der Waals surface area contributed by atoms with E-state index in [0.717, 1.165) is 5.88 Å². The average Bonchev–Trinajstić information content (AvgIpc) is 2.41. The number of hydrazone groups is 1. The molecule has 1 aliphatic rings. The smallest absolute Gasteiger partial charge is 0.293 e. The highest BCUT2D eigenvalue weighted by Gasteiger charge is 2.04. The number of carbonyl (C=O) groups excluding carboxylic acids is 1. The third-order valence-corrected chi connectivity index (χ3v) is 1.73. The normalized spacial score (nSPS) is 15.8. The molecule has 0 atom stereocenters. The second-order valence-corrected chi connectivity index (χ2v) is 2.52. The first-order chi connectivity index (χ1) is 4.93. The summed E-state index contributed by atoms with van der Waals surface area (Å²) in [6, 6.07) is 0. The summed E-state index contributed by atoms with van der Waals surface area (Å²) in [5.41, 5.74) is 1.78. The molecule has 1 rings (SSSR count). The fourth-order valence-electron chi connectivity index (χ4n) is 0.581. The first-order valence-corrected chi connectivity index (χ1v) is 3.92. The fraction of sp³-hybridized carbons (Fsp3) is 0.600. The third-order valence-electron chi connectivity index (χ3n) is 1.04. The van der Waals surface area contributed by atoms with Crippen LogP contribution in [0.2, 0.25) is 0 Å². The SMILES string of the molecule is O=COCCN1CSC=N1. The van der Waals surface area contributed by atoms with E-state index < -0.39 is 0 Å². The van der Waals surface area contributed by atoms with E-state index in [4.69, 9.17) is 0 Å². The molecule has 0 radical (unpaired) electrons. The number of carbonyl (C=O) groups is 1. The molecular formula is C5H8N2O2S. The average molecular weight is 160 g/mol. The van der Waals surface area contributed by atoms with Crippen molar-refractivity contribution in [1.29, 1.82) is 0 Å². The van der Waals surface area contributed by atoms with Crippen LogP contribution in [0.1, 0.15) is 0 Å². The van der Waals surface area contributed by atoms with Crippen molar-refractivity contribution >= 4 is 23.8 Å². The maximum atomic E-state index is 9.69. The zero-order valence-corrected chi connectivity index (χ0v) is 6.21. The summed E-state index contributed by atoms with van der Waals surface area (Å²) in [6.07, 6.45) is 0. The lowest BCUT2D eigenvalue weighted by molar-refractivity contribution is -0.129. The van der Waals surface area contributed by atoms with Gasteiger partial charge in [0.15, 0.2) is 0 Å². The van der Waals surface area contributed by atoms with E-state index in [9.17, 15) is 4.79 Å². The van der Waals surface area contributed by atoms with Crippen LogP contribution in [0, 0.1) is 0 Å². The summed E-state index contributed by atoms with van der Waals surface area (Å²) >= 11 is 1.63. The molecule has 5 heteroatoms. The summed E-state index contributed by atoms with van der Waals surface area (Å²) in [6.45, 7) is 1.55. The molecule has 0 aromatic heterocycles. The summed E-state index contributed by atoms with van der Waals surface area (Å²) in [5, 5.41) is 5.82. The van der Waals surface area contributed by atoms with Gasteiger partial charge < -0.3 is 4.74 Å². The number of hydrogen-bond acceptors (Lipinski definition) is 5. The standard InChI is InChI=1S/C5H8N2O2S/c8-5-9-2-1-7-4-10-3-6-7/h3,5H,1-2,4H2. The Morgan fingerprint density at radius 3 is 3.40 bits per heavy atom. The van der Waals surface area contributed by atoms with Gasteiger partial charge in [0.2, 0.25) is 0 Å². The highest BCUT2D eigenvalue weighted by atomic mass is 32.2. The first-order valence-electron chi connectivity index (χ1n) is 2.88. The molecular weight excluding hydrogens is 152 g/mol. The topological polar surface area (TPSA) is 41.9 Å². The fourth-order valence-corrected chi connectivity index (χ4v) is 1.22. The molecule has 0 bridgehead atoms. The molecule has 0 spiro atoms. The Bertz CT molecular complexity index is 140. The molecule has 4 nitrogen and oxygen atoms in total. The molecule has 0 amide bonds. The van der Waals surface area contributed by atoms with Crippen molar-refractivity contribution in [3.63, 3.8) is 0 Å². The minimum atomic E-state index is 0.418. The van der Waals surface area contributed by atoms with Gasteiger partial charge in [-0.05, 0) is 0 Å². The molecule has 0 aromatic rings. The van der Waals surface area contributed by atoms with Crippen molar-refractivity contribution in [3.05, 3.63) is 0 Å². The zero-order valence-electron chi connectivity index (χ0n) is 5.40. The van der Waals surface area contributed by atoms with Crippen LogP contribution in [0.15, 0.2) is 5.10 Å². The minimum Gasteiger partial charge on any atom is -0.466 e. The molecule has 10 heavy (non-hydrogen) atoms. The largest absolute Gasteiger partial charge is 0.466 e. The minimum absolute atomic E-state index is 0.418. The van der Waals surface area contributed by atoms with Crippen molar-refractivity contribution in [2.24, 2.45) is 5.10 Å². The quantitative estimate of drug-likeness (QED) is 0.432. The second kappa shape index (κ2) is 4.16. The summed E-state index contributed by atoms with van der Waals surface area (Å²) in [4.78, 5) is 9.69. The lowest BCUT2D eigenvalue weighted by Crippen LogP contribution is -2.18. The molecule has 0 aliphatic carbocycles. The molecule has 0 fully saturated rings. The van der Waals surface area contributed by atoms with Crippen LogP contribution in [-0.4, -0.2) is 36.1 Å². The van der Waals surface area contributed by atoms with Gasteiger partial charge in [-0.3, -0.25) is 9.80 Å². The first kappa shape index (κ1) is 7.40. The predicted octanol–water partition coefficient (Wildman–Crippen LogP) is 0.109. The van der Waals surface area contributed by atoms with Gasteiger partial charge in [0.25, 0.3) is 6.47 Å². The maximum Gasteiger partial charge on any atom is 0.293 e. The van der Waals surface area contributed by atoms with Gasteiger partial charge in [-0.1, -0.05) is 11.8 Å². The summed E-state index contributed by atoms with van der Waals surface area (Å²) < 4.78 is 4.49. The van der Waals surface area contributed by atoms with Crippen LogP contribution in [0.4, 0.5) is 0 Å². The molecule has 0 aromatic carbocycles. The van der Waals surface area contributed by atoms with Gasteiger partial charge >= 0.3 is 0 Å². The second-order valence-electron chi connectivity index (χ2n) is 1.71. The van der Waals surface area contributed by atoms with Gasteiger partial charge in [-0.25, -0.2) is 0 Å². The molecule has 1 heterocycles. The van der Waals surface area contributed by atoms with Crippen molar-refractivity contribution < 1.29 is 9.53 Å². The van der Waals surface area contributed by atoms with Gasteiger partial charge in [-0.2, -0.15) is 5.10 Å². The lowest BCUT2D eigenvalue weighted by atomic mass is 10.7. The highest BCUT2D eigenvalue weighted by Crippen LogP contribution is 2.08. The van der Waals surface area contributed by atoms with Crippen LogP contribution in [0.3, 0.4) is 0 Å². The molecule has 1 aliphatic heterocycles. The highest BCUT2D eigenvalue weighted by molar-refractivity contribution is 8.12. The molecule has 0 N–H and O–H groups in total. The predicted molar refractivity (Wildman–Crippen MR) is 39.7 cm³/mol. The van der Waals surface area contributed by atoms with Crippen LogP contribution < -0.4 is 0 Å². The van der Waals surface area contributed by atoms with Crippen molar-refractivity contribution in [2.75, 3.05) is 19.0 Å². The Balaban J connectivity index is 2.02. The van der Waals surface area contributed by atoms with Crippen molar-refractivity contribution in [2.45, 2.75) is 0 Å². The van der Waals surface area contributed by atoms with E-state index in [1.807, 2.05) is 5.01 Å². The number of ether oxygens (including phenoxy) is 1. The Labute approximate surface area is 63.2 Å². The third kappa shape index (κ3) is 2.26. The van der Waals surface area contributed by atoms with Crippen LogP contribution in [0.5, 0.6) is 0 Å². The van der Waals surface area contributed by atoms with E-state index in [1.165, 1.54) is 0 Å². The van der Waals surface area contributed by atoms with Crippen molar-refractivity contribution in [1.82, 2.24) is 5.01 Å². The molecule has 56 valence electrons. The monoisotopic (exact) mass is 160 g/mol. The number of nitrogens with zero attached hydrogens (tertiary/aromatic N) is 2. The lowest BCUT2D eigenvalue weighted by Gasteiger charge is -2.10. The van der Waals surface area contributed by atoms with E-state index in [1.54, 1.807) is 17.3 Å². The summed E-state index contributed by atoms with van der Waals surface area (Å²) in [7, 11) is 0. The van der Waals surface area contributed by atoms with Gasteiger partial charge in [0, 0.05) is 0 Å². The van der Waals surface area contributed by atoms with E-state index in [0.29, 0.717) is 19.6 Å². The van der Waals surface area contributed by atoms with Crippen LogP contribution in [-0.2, 0) is 9.53 Å². The molecule has 0 unspecified atom stereocenters. The number of rotatable bonds is 4. The van der Waals surface area contributed by atoms with Crippen LogP contribution >= 0.6 is 11.8 Å². The number of thioether (sulfide) groups is 1. The molecule has 0 saturated heterocycles. The molecule has 0 saturated carbocycles. The van der Waals surface area contributed by atoms with E-state index in [2.05, 4.69) is 9.84 Å². The van der Waals surface area contributed by atoms with Crippen molar-refractivity contribution in [3.8, 4) is 0 Å². The van der Waals surface area contributed by atoms with E-state index >= 15 is 0 Å². The van der Waals surface area contributed by atoms with Gasteiger partial charge in [0.05, 0.1) is 18.0 Å². The summed E-state index contributed by atoms with van der Waals surface area (Å²) in [5.74, 6) is 0.863. The maximum absolute atomic E-state index is 9.69. The van der Waals surface area contributed by atoms with Gasteiger partial charge in [-0.15, -0.1) is 0 Å². The Morgan fingerprint density at radius 2 is 2.80 bits per heavy atom. The van der Waals surface area contributed by atoms with E-state index in [-0.39, 0.29) is 0 Å². The van der Waals surface area contributed by atoms with Gasteiger partial charge in [0.1, 0.15) is 6.61 Å². The Hall–Kier alpha value is -0.710.